The van der Waals surface area contributed by atoms with Crippen LogP contribution in [-0.2, 0) is 16.8 Å². The van der Waals surface area contributed by atoms with Gasteiger partial charge in [0, 0.05) is 5.54 Å². The molecule has 1 saturated carbocycles. The van der Waals surface area contributed by atoms with Crippen molar-refractivity contribution >= 4 is 12.1 Å². The first kappa shape index (κ1) is 19.5. The molecule has 2 aromatic rings. The SMILES string of the molecule is C[C@@]1(C(=O)N/N=C\c2ccc(O)c(O)c2)NC2(CCCCC2)Cc2ccccc21. The number of hydrogen-bond donors (Lipinski definition) is 4. The summed E-state index contributed by atoms with van der Waals surface area (Å²) in [5, 5.41) is 26.8. The zero-order chi connectivity index (χ0) is 20.5. The zero-order valence-corrected chi connectivity index (χ0v) is 16.6. The Hall–Kier alpha value is -2.86. The Labute approximate surface area is 170 Å². The number of aromatic hydroxyl groups is 2. The molecule has 1 fully saturated rings. The second kappa shape index (κ2) is 7.52. The molecule has 4 N–H and O–H groups in total. The summed E-state index contributed by atoms with van der Waals surface area (Å²) < 4.78 is 0. The quantitative estimate of drug-likeness (QED) is 0.366. The van der Waals surface area contributed by atoms with Crippen molar-refractivity contribution in [2.75, 3.05) is 0 Å². The molecule has 1 heterocycles. The van der Waals surface area contributed by atoms with Gasteiger partial charge < -0.3 is 10.2 Å². The van der Waals surface area contributed by atoms with Crippen molar-refractivity contribution in [1.82, 2.24) is 10.7 Å². The Morgan fingerprint density at radius 3 is 2.62 bits per heavy atom. The molecule has 1 spiro atoms. The number of carbonyl (C=O) groups is 1. The predicted molar refractivity (Wildman–Crippen MR) is 112 cm³/mol. The average Bonchev–Trinajstić information content (AvgIpc) is 2.71. The molecule has 6 nitrogen and oxygen atoms in total. The van der Waals surface area contributed by atoms with E-state index in [-0.39, 0.29) is 22.9 Å². The Kier molecular flexibility index (Phi) is 5.04. The van der Waals surface area contributed by atoms with E-state index in [9.17, 15) is 15.0 Å². The van der Waals surface area contributed by atoms with Gasteiger partial charge in [0.1, 0.15) is 5.54 Å². The van der Waals surface area contributed by atoms with E-state index < -0.39 is 5.54 Å². The van der Waals surface area contributed by atoms with Gasteiger partial charge in [0.25, 0.3) is 5.91 Å². The maximum atomic E-state index is 13.2. The molecule has 4 rings (SSSR count). The number of carbonyl (C=O) groups excluding carboxylic acids is 1. The van der Waals surface area contributed by atoms with Crippen molar-refractivity contribution in [3.63, 3.8) is 0 Å². The molecule has 1 aliphatic carbocycles. The van der Waals surface area contributed by atoms with Gasteiger partial charge in [0.2, 0.25) is 0 Å². The number of nitrogens with zero attached hydrogens (tertiary/aromatic N) is 1. The van der Waals surface area contributed by atoms with Crippen molar-refractivity contribution < 1.29 is 15.0 Å². The highest BCUT2D eigenvalue weighted by molar-refractivity contribution is 5.89. The standard InChI is InChI=1S/C23H27N3O3/c1-22(21(29)25-24-15-16-9-10-19(27)20(28)13-16)18-8-4-3-7-17(18)14-23(26-22)11-5-2-6-12-23/h3-4,7-10,13,15,26-28H,2,5-6,11-12,14H2,1H3,(H,25,29)/b24-15-/t22-/m1/s1. The Morgan fingerprint density at radius 1 is 1.10 bits per heavy atom. The molecular weight excluding hydrogens is 366 g/mol. The number of hydrogen-bond acceptors (Lipinski definition) is 5. The van der Waals surface area contributed by atoms with E-state index >= 15 is 0 Å². The molecule has 1 aliphatic heterocycles. The second-order valence-electron chi connectivity index (χ2n) is 8.37. The number of rotatable bonds is 3. The first-order valence-corrected chi connectivity index (χ1v) is 10.2. The van der Waals surface area contributed by atoms with E-state index in [4.69, 9.17) is 0 Å². The second-order valence-corrected chi connectivity index (χ2v) is 8.37. The van der Waals surface area contributed by atoms with E-state index in [1.165, 1.54) is 43.2 Å². The minimum Gasteiger partial charge on any atom is -0.504 e. The van der Waals surface area contributed by atoms with E-state index in [0.717, 1.165) is 24.8 Å². The van der Waals surface area contributed by atoms with Gasteiger partial charge in [-0.3, -0.25) is 10.1 Å². The van der Waals surface area contributed by atoms with Crippen molar-refractivity contribution in [2.45, 2.75) is 56.5 Å². The lowest BCUT2D eigenvalue weighted by Gasteiger charge is -2.49. The van der Waals surface area contributed by atoms with E-state index in [2.05, 4.69) is 21.9 Å². The lowest BCUT2D eigenvalue weighted by Crippen LogP contribution is -2.65. The number of nitrogens with one attached hydrogen (secondary N) is 2. The number of amides is 1. The number of phenols is 2. The van der Waals surface area contributed by atoms with Crippen molar-refractivity contribution in [3.8, 4) is 11.5 Å². The van der Waals surface area contributed by atoms with E-state index in [0.29, 0.717) is 5.56 Å². The summed E-state index contributed by atoms with van der Waals surface area (Å²) in [4.78, 5) is 13.2. The van der Waals surface area contributed by atoms with Crippen LogP contribution in [0, 0.1) is 0 Å². The van der Waals surface area contributed by atoms with Gasteiger partial charge in [0.15, 0.2) is 11.5 Å². The summed E-state index contributed by atoms with van der Waals surface area (Å²) in [5.74, 6) is -0.636. The molecule has 6 heteroatoms. The molecule has 29 heavy (non-hydrogen) atoms. The molecular formula is C23H27N3O3. The monoisotopic (exact) mass is 393 g/mol. The first-order valence-electron chi connectivity index (χ1n) is 10.2. The molecule has 1 amide bonds. The van der Waals surface area contributed by atoms with Crippen LogP contribution in [0.2, 0.25) is 0 Å². The summed E-state index contributed by atoms with van der Waals surface area (Å²) >= 11 is 0. The Morgan fingerprint density at radius 2 is 1.86 bits per heavy atom. The van der Waals surface area contributed by atoms with Gasteiger partial charge in [-0.1, -0.05) is 43.5 Å². The van der Waals surface area contributed by atoms with Crippen molar-refractivity contribution in [2.24, 2.45) is 5.10 Å². The Balaban J connectivity index is 1.58. The summed E-state index contributed by atoms with van der Waals surface area (Å²) in [5.41, 5.74) is 4.53. The molecule has 1 atom stereocenters. The summed E-state index contributed by atoms with van der Waals surface area (Å²) in [6.07, 6.45) is 8.14. The fourth-order valence-electron chi connectivity index (χ4n) is 4.78. The van der Waals surface area contributed by atoms with Gasteiger partial charge >= 0.3 is 0 Å². The fourth-order valence-corrected chi connectivity index (χ4v) is 4.78. The predicted octanol–water partition coefficient (Wildman–Crippen LogP) is 3.31. The van der Waals surface area contributed by atoms with E-state index in [1.54, 1.807) is 6.07 Å². The molecule has 0 radical (unpaired) electrons. The van der Waals surface area contributed by atoms with Crippen LogP contribution in [0.3, 0.4) is 0 Å². The van der Waals surface area contributed by atoms with Crippen molar-refractivity contribution in [1.29, 1.82) is 0 Å². The van der Waals surface area contributed by atoms with Crippen LogP contribution in [0.15, 0.2) is 47.6 Å². The molecule has 0 saturated heterocycles. The van der Waals surface area contributed by atoms with Crippen LogP contribution in [0.1, 0.15) is 55.7 Å². The largest absolute Gasteiger partial charge is 0.504 e. The minimum absolute atomic E-state index is 0.0504. The third kappa shape index (κ3) is 3.72. The minimum atomic E-state index is -0.874. The van der Waals surface area contributed by atoms with Crippen LogP contribution in [-0.4, -0.2) is 27.9 Å². The smallest absolute Gasteiger partial charge is 0.264 e. The first-order chi connectivity index (χ1) is 13.9. The molecule has 2 aromatic carbocycles. The van der Waals surface area contributed by atoms with Gasteiger partial charge in [-0.2, -0.15) is 5.10 Å². The average molecular weight is 393 g/mol. The maximum absolute atomic E-state index is 13.2. The highest BCUT2D eigenvalue weighted by atomic mass is 16.3. The zero-order valence-electron chi connectivity index (χ0n) is 16.6. The third-order valence-electron chi connectivity index (χ3n) is 6.24. The molecule has 152 valence electrons. The van der Waals surface area contributed by atoms with Crippen LogP contribution >= 0.6 is 0 Å². The number of fused-ring (bicyclic) bond motifs is 1. The van der Waals surface area contributed by atoms with Crippen LogP contribution in [0.5, 0.6) is 11.5 Å². The fraction of sp³-hybridized carbons (Fsp3) is 0.391. The van der Waals surface area contributed by atoms with Gasteiger partial charge in [-0.05, 0) is 61.1 Å². The number of phenolic OH excluding ortho intramolecular Hbond substituents is 2. The van der Waals surface area contributed by atoms with Gasteiger partial charge in [0.05, 0.1) is 6.21 Å². The number of benzene rings is 2. The Bertz CT molecular complexity index is 950. The van der Waals surface area contributed by atoms with Gasteiger partial charge in [-0.25, -0.2) is 5.43 Å². The summed E-state index contributed by atoms with van der Waals surface area (Å²) in [7, 11) is 0. The number of hydrazone groups is 1. The van der Waals surface area contributed by atoms with Crippen LogP contribution in [0.4, 0.5) is 0 Å². The highest BCUT2D eigenvalue weighted by Gasteiger charge is 2.48. The summed E-state index contributed by atoms with van der Waals surface area (Å²) in [6.45, 7) is 1.93. The lowest BCUT2D eigenvalue weighted by atomic mass is 9.69. The highest BCUT2D eigenvalue weighted by Crippen LogP contribution is 2.41. The molecule has 0 aromatic heterocycles. The molecule has 0 unspecified atom stereocenters. The normalized spacial score (nSPS) is 23.1. The third-order valence-corrected chi connectivity index (χ3v) is 6.24. The maximum Gasteiger partial charge on any atom is 0.264 e. The van der Waals surface area contributed by atoms with E-state index in [1.807, 2.05) is 25.1 Å². The topological polar surface area (TPSA) is 94.0 Å². The molecule has 2 aliphatic rings. The van der Waals surface area contributed by atoms with Crippen LogP contribution < -0.4 is 10.7 Å². The van der Waals surface area contributed by atoms with Crippen LogP contribution in [0.25, 0.3) is 0 Å². The molecule has 0 bridgehead atoms. The lowest BCUT2D eigenvalue weighted by molar-refractivity contribution is -0.129. The summed E-state index contributed by atoms with van der Waals surface area (Å²) in [6, 6.07) is 12.5. The van der Waals surface area contributed by atoms with Crippen molar-refractivity contribution in [3.05, 3.63) is 59.2 Å². The van der Waals surface area contributed by atoms with Gasteiger partial charge in [-0.15, -0.1) is 0 Å².